The fourth-order valence-electron chi connectivity index (χ4n) is 2.68. The third-order valence-electron chi connectivity index (χ3n) is 3.90. The van der Waals surface area contributed by atoms with E-state index in [9.17, 15) is 0 Å². The molecule has 0 bridgehead atoms. The van der Waals surface area contributed by atoms with Gasteiger partial charge in [0.05, 0.1) is 0 Å². The molecule has 0 fully saturated rings. The van der Waals surface area contributed by atoms with Crippen molar-refractivity contribution in [1.29, 1.82) is 0 Å². The highest BCUT2D eigenvalue weighted by atomic mass is 15.1. The van der Waals surface area contributed by atoms with Crippen molar-refractivity contribution in [2.75, 3.05) is 25.0 Å². The van der Waals surface area contributed by atoms with Gasteiger partial charge in [0.15, 0.2) is 0 Å². The average Bonchev–Trinajstić information content (AvgIpc) is 2.54. The van der Waals surface area contributed by atoms with Gasteiger partial charge in [0.25, 0.3) is 0 Å². The summed E-state index contributed by atoms with van der Waals surface area (Å²) < 4.78 is 0. The van der Waals surface area contributed by atoms with Crippen LogP contribution in [0, 0.1) is 0 Å². The third-order valence-corrected chi connectivity index (χ3v) is 3.90. The van der Waals surface area contributed by atoms with Gasteiger partial charge in [0.2, 0.25) is 0 Å². The van der Waals surface area contributed by atoms with Crippen LogP contribution in [0.3, 0.4) is 0 Å². The predicted molar refractivity (Wildman–Crippen MR) is 91.9 cm³/mol. The Morgan fingerprint density at radius 2 is 1.67 bits per heavy atom. The van der Waals surface area contributed by atoms with Gasteiger partial charge in [-0.25, -0.2) is 0 Å². The zero-order valence-corrected chi connectivity index (χ0v) is 13.3. The van der Waals surface area contributed by atoms with Crippen molar-refractivity contribution in [3.8, 4) is 0 Å². The molecular formula is C19H26N2. The Hall–Kier alpha value is -1.80. The Balaban J connectivity index is 2.06. The maximum absolute atomic E-state index is 3.50. The molecule has 0 aromatic heterocycles. The van der Waals surface area contributed by atoms with E-state index in [-0.39, 0.29) is 0 Å². The number of nitrogens with one attached hydrogen (secondary N) is 1. The number of likely N-dealkylation sites (N-methyl/N-ethyl adjacent to an activating group) is 1. The highest BCUT2D eigenvalue weighted by Gasteiger charge is 2.12. The number of benzene rings is 2. The standard InChI is InChI=1S/C19H26N2/c1-4-20-16(2)18-12-8-9-13-19(18)21(3)15-14-17-10-6-5-7-11-17/h5-13,16,20H,4,14-15H2,1-3H3. The van der Waals surface area contributed by atoms with Crippen LogP contribution in [0.25, 0.3) is 0 Å². The van der Waals surface area contributed by atoms with E-state index < -0.39 is 0 Å². The van der Waals surface area contributed by atoms with Crippen molar-refractivity contribution in [3.05, 3.63) is 65.7 Å². The topological polar surface area (TPSA) is 15.3 Å². The van der Waals surface area contributed by atoms with Gasteiger partial charge >= 0.3 is 0 Å². The molecule has 0 aliphatic carbocycles. The maximum atomic E-state index is 3.50. The summed E-state index contributed by atoms with van der Waals surface area (Å²) in [7, 11) is 2.18. The van der Waals surface area contributed by atoms with Crippen molar-refractivity contribution in [2.45, 2.75) is 26.3 Å². The SMILES string of the molecule is CCNC(C)c1ccccc1N(C)CCc1ccccc1. The summed E-state index contributed by atoms with van der Waals surface area (Å²) in [5.74, 6) is 0. The molecule has 0 amide bonds. The Kier molecular flexibility index (Phi) is 5.82. The molecule has 21 heavy (non-hydrogen) atoms. The van der Waals surface area contributed by atoms with E-state index in [1.807, 2.05) is 0 Å². The average molecular weight is 282 g/mol. The zero-order chi connectivity index (χ0) is 15.1. The molecular weight excluding hydrogens is 256 g/mol. The normalized spacial score (nSPS) is 12.1. The number of para-hydroxylation sites is 1. The minimum atomic E-state index is 0.380. The van der Waals surface area contributed by atoms with Crippen molar-refractivity contribution in [3.63, 3.8) is 0 Å². The first-order chi connectivity index (χ1) is 10.2. The monoisotopic (exact) mass is 282 g/mol. The molecule has 2 aromatic rings. The van der Waals surface area contributed by atoms with Gasteiger partial charge in [0, 0.05) is 25.3 Å². The van der Waals surface area contributed by atoms with Crippen molar-refractivity contribution in [2.24, 2.45) is 0 Å². The third kappa shape index (κ3) is 4.33. The minimum Gasteiger partial charge on any atom is -0.374 e. The molecule has 2 aromatic carbocycles. The first-order valence-electron chi connectivity index (χ1n) is 7.79. The Labute approximate surface area is 128 Å². The van der Waals surface area contributed by atoms with Gasteiger partial charge in [0.1, 0.15) is 0 Å². The van der Waals surface area contributed by atoms with Gasteiger partial charge < -0.3 is 10.2 Å². The summed E-state index contributed by atoms with van der Waals surface area (Å²) in [5.41, 5.74) is 4.08. The molecule has 0 aliphatic heterocycles. The van der Waals surface area contributed by atoms with Gasteiger partial charge in [-0.1, -0.05) is 55.5 Å². The highest BCUT2D eigenvalue weighted by molar-refractivity contribution is 5.54. The lowest BCUT2D eigenvalue weighted by Gasteiger charge is -2.25. The van der Waals surface area contributed by atoms with E-state index in [0.29, 0.717) is 6.04 Å². The van der Waals surface area contributed by atoms with Gasteiger partial charge in [-0.05, 0) is 37.1 Å². The molecule has 0 saturated heterocycles. The van der Waals surface area contributed by atoms with E-state index in [2.05, 4.69) is 85.7 Å². The number of anilines is 1. The van der Waals surface area contributed by atoms with E-state index in [1.165, 1.54) is 16.8 Å². The second-order valence-corrected chi connectivity index (χ2v) is 5.50. The molecule has 1 atom stereocenters. The van der Waals surface area contributed by atoms with E-state index >= 15 is 0 Å². The first kappa shape index (κ1) is 15.6. The second kappa shape index (κ2) is 7.84. The molecule has 2 heteroatoms. The van der Waals surface area contributed by atoms with Crippen LogP contribution in [-0.4, -0.2) is 20.1 Å². The van der Waals surface area contributed by atoms with E-state index in [0.717, 1.165) is 19.5 Å². The summed E-state index contributed by atoms with van der Waals surface area (Å²) in [5, 5.41) is 3.50. The molecule has 0 radical (unpaired) electrons. The summed E-state index contributed by atoms with van der Waals surface area (Å²) >= 11 is 0. The lowest BCUT2D eigenvalue weighted by molar-refractivity contribution is 0.597. The van der Waals surface area contributed by atoms with Crippen LogP contribution in [0.4, 0.5) is 5.69 Å². The van der Waals surface area contributed by atoms with Crippen LogP contribution in [0.1, 0.15) is 31.0 Å². The maximum Gasteiger partial charge on any atom is 0.0412 e. The van der Waals surface area contributed by atoms with Crippen LogP contribution in [0.15, 0.2) is 54.6 Å². The predicted octanol–water partition coefficient (Wildman–Crippen LogP) is 4.04. The van der Waals surface area contributed by atoms with Crippen LogP contribution in [0.2, 0.25) is 0 Å². The second-order valence-electron chi connectivity index (χ2n) is 5.50. The van der Waals surface area contributed by atoms with Gasteiger partial charge in [-0.15, -0.1) is 0 Å². The smallest absolute Gasteiger partial charge is 0.0412 e. The molecule has 1 N–H and O–H groups in total. The minimum absolute atomic E-state index is 0.380. The molecule has 2 nitrogen and oxygen atoms in total. The van der Waals surface area contributed by atoms with Crippen LogP contribution < -0.4 is 10.2 Å². The lowest BCUT2D eigenvalue weighted by atomic mass is 10.0. The van der Waals surface area contributed by atoms with Crippen molar-refractivity contribution >= 4 is 5.69 Å². The Morgan fingerprint density at radius 3 is 2.38 bits per heavy atom. The van der Waals surface area contributed by atoms with Crippen LogP contribution in [-0.2, 0) is 6.42 Å². The first-order valence-corrected chi connectivity index (χ1v) is 7.79. The van der Waals surface area contributed by atoms with E-state index in [1.54, 1.807) is 0 Å². The van der Waals surface area contributed by atoms with Crippen molar-refractivity contribution in [1.82, 2.24) is 5.32 Å². The number of rotatable bonds is 7. The molecule has 0 aliphatic rings. The zero-order valence-electron chi connectivity index (χ0n) is 13.3. The van der Waals surface area contributed by atoms with Crippen molar-refractivity contribution < 1.29 is 0 Å². The summed E-state index contributed by atoms with van der Waals surface area (Å²) in [6.07, 6.45) is 1.07. The van der Waals surface area contributed by atoms with Crippen LogP contribution >= 0.6 is 0 Å². The number of hydrogen-bond acceptors (Lipinski definition) is 2. The molecule has 0 spiro atoms. The number of nitrogens with zero attached hydrogens (tertiary/aromatic N) is 1. The quantitative estimate of drug-likeness (QED) is 0.824. The molecule has 112 valence electrons. The molecule has 2 rings (SSSR count). The summed E-state index contributed by atoms with van der Waals surface area (Å²) in [6.45, 7) is 6.40. The lowest BCUT2D eigenvalue weighted by Crippen LogP contribution is -2.25. The summed E-state index contributed by atoms with van der Waals surface area (Å²) in [6, 6.07) is 19.7. The molecule has 0 heterocycles. The number of hydrogen-bond donors (Lipinski definition) is 1. The Morgan fingerprint density at radius 1 is 1.00 bits per heavy atom. The van der Waals surface area contributed by atoms with Gasteiger partial charge in [-0.3, -0.25) is 0 Å². The fourth-order valence-corrected chi connectivity index (χ4v) is 2.68. The van der Waals surface area contributed by atoms with E-state index in [4.69, 9.17) is 0 Å². The van der Waals surface area contributed by atoms with Crippen LogP contribution in [0.5, 0.6) is 0 Å². The molecule has 0 saturated carbocycles. The Bertz CT molecular complexity index is 536. The summed E-state index contributed by atoms with van der Waals surface area (Å²) in [4.78, 5) is 2.36. The largest absolute Gasteiger partial charge is 0.374 e. The molecule has 1 unspecified atom stereocenters. The van der Waals surface area contributed by atoms with Gasteiger partial charge in [-0.2, -0.15) is 0 Å². The fraction of sp³-hybridized carbons (Fsp3) is 0.368. The highest BCUT2D eigenvalue weighted by Crippen LogP contribution is 2.25.